The van der Waals surface area contributed by atoms with Crippen LogP contribution in [-0.4, -0.2) is 0 Å². The van der Waals surface area contributed by atoms with E-state index in [2.05, 4.69) is 19.9 Å². The Kier molecular flexibility index (Phi) is 4.72. The molecule has 0 saturated heterocycles. The molecule has 11 heavy (non-hydrogen) atoms. The van der Waals surface area contributed by atoms with Gasteiger partial charge in [0.1, 0.15) is 0 Å². The molecule has 0 saturated carbocycles. The van der Waals surface area contributed by atoms with Crippen molar-refractivity contribution in [1.82, 2.24) is 0 Å². The zero-order valence-electron chi connectivity index (χ0n) is 7.22. The van der Waals surface area contributed by atoms with E-state index in [4.69, 9.17) is 4.52 Å². The fourth-order valence-electron chi connectivity index (χ4n) is 1.06. The lowest BCUT2D eigenvalue weighted by atomic mass is 10.4. The Morgan fingerprint density at radius 3 is 2.45 bits per heavy atom. The van der Waals surface area contributed by atoms with Crippen LogP contribution in [0.5, 0.6) is 0 Å². The van der Waals surface area contributed by atoms with Crippen molar-refractivity contribution in [3.8, 4) is 0 Å². The van der Waals surface area contributed by atoms with Gasteiger partial charge < -0.3 is 24.0 Å². The van der Waals surface area contributed by atoms with E-state index in [-0.39, 0.29) is 24.0 Å². The maximum absolute atomic E-state index is 5.37. The van der Waals surface area contributed by atoms with Crippen LogP contribution < -0.4 is 28.7 Å². The normalized spacial score (nSPS) is 9.36. The molecule has 0 N–H and O–H groups in total. The molecule has 1 aromatic rings. The summed E-state index contributed by atoms with van der Waals surface area (Å²) in [5.41, 5.74) is 1.21. The SMILES string of the molecule is CCC[n+]1oc(C)cc1C.[I-]. The van der Waals surface area contributed by atoms with Crippen LogP contribution >= 0.6 is 0 Å². The summed E-state index contributed by atoms with van der Waals surface area (Å²) in [6, 6.07) is 2.05. The topological polar surface area (TPSA) is 17.0 Å². The smallest absolute Gasteiger partial charge is 0.228 e. The summed E-state index contributed by atoms with van der Waals surface area (Å²) in [6.45, 7) is 7.16. The summed E-state index contributed by atoms with van der Waals surface area (Å²) in [7, 11) is 0. The number of halogens is 1. The Labute approximate surface area is 84.6 Å². The van der Waals surface area contributed by atoms with E-state index in [1.807, 2.05) is 11.7 Å². The molecular weight excluding hydrogens is 253 g/mol. The molecule has 0 atom stereocenters. The molecular formula is C8H14INO. The summed E-state index contributed by atoms with van der Waals surface area (Å²) in [4.78, 5) is 0. The molecule has 0 amide bonds. The average molecular weight is 267 g/mol. The van der Waals surface area contributed by atoms with Crippen molar-refractivity contribution in [2.45, 2.75) is 33.7 Å². The molecule has 1 aromatic heterocycles. The quantitative estimate of drug-likeness (QED) is 0.476. The van der Waals surface area contributed by atoms with Gasteiger partial charge >= 0.3 is 0 Å². The number of rotatable bonds is 2. The minimum Gasteiger partial charge on any atom is -1.00 e. The maximum Gasteiger partial charge on any atom is 0.228 e. The van der Waals surface area contributed by atoms with E-state index in [1.165, 1.54) is 5.69 Å². The summed E-state index contributed by atoms with van der Waals surface area (Å²) >= 11 is 0. The number of aromatic nitrogens is 1. The van der Waals surface area contributed by atoms with Crippen LogP contribution in [0.3, 0.4) is 0 Å². The third kappa shape index (κ3) is 2.81. The molecule has 3 heteroatoms. The van der Waals surface area contributed by atoms with Gasteiger partial charge in [0.15, 0.2) is 12.3 Å². The van der Waals surface area contributed by atoms with E-state index in [9.17, 15) is 0 Å². The van der Waals surface area contributed by atoms with Gasteiger partial charge in [0, 0.05) is 20.3 Å². The van der Waals surface area contributed by atoms with Crippen LogP contribution in [0.1, 0.15) is 24.8 Å². The first kappa shape index (κ1) is 10.9. The van der Waals surface area contributed by atoms with Gasteiger partial charge in [-0.3, -0.25) is 0 Å². The van der Waals surface area contributed by atoms with Gasteiger partial charge in [-0.15, -0.1) is 0 Å². The summed E-state index contributed by atoms with van der Waals surface area (Å²) in [5, 5.41) is 0. The van der Waals surface area contributed by atoms with Gasteiger partial charge in [0.25, 0.3) is 0 Å². The largest absolute Gasteiger partial charge is 1.00 e. The number of nitrogens with zero attached hydrogens (tertiary/aromatic N) is 1. The monoisotopic (exact) mass is 267 g/mol. The zero-order chi connectivity index (χ0) is 7.56. The maximum atomic E-state index is 5.37. The Hall–Kier alpha value is -0.0600. The molecule has 0 aliphatic rings. The van der Waals surface area contributed by atoms with Gasteiger partial charge in [-0.2, -0.15) is 0 Å². The predicted octanol–water partition coefficient (Wildman–Crippen LogP) is -1.40. The predicted molar refractivity (Wildman–Crippen MR) is 38.7 cm³/mol. The molecule has 0 bridgehead atoms. The van der Waals surface area contributed by atoms with Crippen molar-refractivity contribution < 1.29 is 33.2 Å². The second-order valence-corrected chi connectivity index (χ2v) is 2.59. The molecule has 1 heterocycles. The van der Waals surface area contributed by atoms with Crippen molar-refractivity contribution in [2.24, 2.45) is 0 Å². The molecule has 1 rings (SSSR count). The molecule has 0 aliphatic heterocycles. The van der Waals surface area contributed by atoms with Crippen molar-refractivity contribution >= 4 is 0 Å². The number of aryl methyl sites for hydroxylation is 3. The van der Waals surface area contributed by atoms with Crippen molar-refractivity contribution in [1.29, 1.82) is 0 Å². The average Bonchev–Trinajstić information content (AvgIpc) is 2.13. The highest BCUT2D eigenvalue weighted by Crippen LogP contribution is 1.97. The second kappa shape index (κ2) is 4.74. The van der Waals surface area contributed by atoms with Crippen LogP contribution in [0.25, 0.3) is 0 Å². The standard InChI is InChI=1S/C8H14NO.HI/c1-4-5-9-7(2)6-8(3)10-9;/h6H,4-5H2,1-3H3;1H/q+1;/p-1. The first-order valence-electron chi connectivity index (χ1n) is 3.71. The molecule has 2 nitrogen and oxygen atoms in total. The molecule has 0 fully saturated rings. The molecule has 0 aromatic carbocycles. The molecule has 0 radical (unpaired) electrons. The minimum absolute atomic E-state index is 0. The zero-order valence-corrected chi connectivity index (χ0v) is 9.38. The van der Waals surface area contributed by atoms with Gasteiger partial charge in [0.05, 0.1) is 6.07 Å². The van der Waals surface area contributed by atoms with Crippen LogP contribution in [0.2, 0.25) is 0 Å². The van der Waals surface area contributed by atoms with E-state index >= 15 is 0 Å². The Morgan fingerprint density at radius 2 is 2.09 bits per heavy atom. The second-order valence-electron chi connectivity index (χ2n) is 2.59. The molecule has 0 aliphatic carbocycles. The Balaban J connectivity index is 0.000001000. The van der Waals surface area contributed by atoms with Crippen LogP contribution in [0.4, 0.5) is 0 Å². The van der Waals surface area contributed by atoms with Gasteiger partial charge in [-0.25, -0.2) is 4.52 Å². The summed E-state index contributed by atoms with van der Waals surface area (Å²) < 4.78 is 7.30. The van der Waals surface area contributed by atoms with Crippen molar-refractivity contribution in [3.05, 3.63) is 17.5 Å². The highest BCUT2D eigenvalue weighted by atomic mass is 127. The van der Waals surface area contributed by atoms with Gasteiger partial charge in [0.2, 0.25) is 5.69 Å². The molecule has 0 spiro atoms. The van der Waals surface area contributed by atoms with E-state index in [0.717, 1.165) is 18.7 Å². The van der Waals surface area contributed by atoms with Crippen LogP contribution in [-0.2, 0) is 6.54 Å². The Bertz CT molecular complexity index is 220. The lowest BCUT2D eigenvalue weighted by Crippen LogP contribution is -3.00. The highest BCUT2D eigenvalue weighted by Gasteiger charge is 2.10. The third-order valence-electron chi connectivity index (χ3n) is 1.49. The van der Waals surface area contributed by atoms with Crippen molar-refractivity contribution in [3.63, 3.8) is 0 Å². The van der Waals surface area contributed by atoms with Crippen LogP contribution in [0.15, 0.2) is 10.6 Å². The third-order valence-corrected chi connectivity index (χ3v) is 1.49. The lowest BCUT2D eigenvalue weighted by Gasteiger charge is -1.84. The van der Waals surface area contributed by atoms with Gasteiger partial charge in [-0.05, 0) is 4.74 Å². The lowest BCUT2D eigenvalue weighted by molar-refractivity contribution is -0.868. The fraction of sp³-hybridized carbons (Fsp3) is 0.625. The first-order valence-corrected chi connectivity index (χ1v) is 3.71. The van der Waals surface area contributed by atoms with Crippen molar-refractivity contribution in [2.75, 3.05) is 0 Å². The fourth-order valence-corrected chi connectivity index (χ4v) is 1.06. The summed E-state index contributed by atoms with van der Waals surface area (Å²) in [5.74, 6) is 0.992. The number of hydrogen-bond donors (Lipinski definition) is 0. The summed E-state index contributed by atoms with van der Waals surface area (Å²) in [6.07, 6.45) is 1.12. The van der Waals surface area contributed by atoms with E-state index < -0.39 is 0 Å². The molecule has 0 unspecified atom stereocenters. The van der Waals surface area contributed by atoms with E-state index in [1.54, 1.807) is 0 Å². The Morgan fingerprint density at radius 1 is 1.45 bits per heavy atom. The highest BCUT2D eigenvalue weighted by molar-refractivity contribution is 4.95. The number of hydrogen-bond acceptors (Lipinski definition) is 1. The van der Waals surface area contributed by atoms with Gasteiger partial charge in [-0.1, -0.05) is 6.92 Å². The van der Waals surface area contributed by atoms with Crippen LogP contribution in [0, 0.1) is 13.8 Å². The molecule has 64 valence electrons. The first-order chi connectivity index (χ1) is 4.74. The minimum atomic E-state index is 0. The van der Waals surface area contributed by atoms with E-state index in [0.29, 0.717) is 0 Å².